The lowest BCUT2D eigenvalue weighted by Gasteiger charge is -2.23. The quantitative estimate of drug-likeness (QED) is 0.846. The van der Waals surface area contributed by atoms with E-state index < -0.39 is 0 Å². The predicted octanol–water partition coefficient (Wildman–Crippen LogP) is 4.15. The minimum Gasteiger partial charge on any atom is -0.314 e. The van der Waals surface area contributed by atoms with E-state index in [1.807, 2.05) is 11.3 Å². The Labute approximate surface area is 122 Å². The molecule has 1 aliphatic carbocycles. The smallest absolute Gasteiger partial charge is 0.0934 e. The first-order valence-corrected chi connectivity index (χ1v) is 8.43. The summed E-state index contributed by atoms with van der Waals surface area (Å²) in [5.74, 6) is 0. The lowest BCUT2D eigenvalue weighted by molar-refractivity contribution is 0.349. The van der Waals surface area contributed by atoms with E-state index in [0.717, 1.165) is 13.0 Å². The standard InChI is InChI=1S/C16H28N2S/c1-6-9-17-12(2)16(7-8-16)10-14-18-13(11-19-14)15(3,4)5/h11-12,17H,6-10H2,1-5H3. The second kappa shape index (κ2) is 5.53. The van der Waals surface area contributed by atoms with Crippen molar-refractivity contribution in [3.05, 3.63) is 16.1 Å². The molecule has 19 heavy (non-hydrogen) atoms. The summed E-state index contributed by atoms with van der Waals surface area (Å²) < 4.78 is 0. The summed E-state index contributed by atoms with van der Waals surface area (Å²) in [4.78, 5) is 4.86. The molecule has 1 fully saturated rings. The number of rotatable bonds is 6. The molecule has 0 aromatic carbocycles. The van der Waals surface area contributed by atoms with Gasteiger partial charge in [0.05, 0.1) is 10.7 Å². The fourth-order valence-electron chi connectivity index (χ4n) is 2.54. The van der Waals surface area contributed by atoms with Crippen LogP contribution in [0.2, 0.25) is 0 Å². The van der Waals surface area contributed by atoms with Gasteiger partial charge >= 0.3 is 0 Å². The SMILES string of the molecule is CCCNC(C)C1(Cc2nc(C(C)(C)C)cs2)CC1. The van der Waals surface area contributed by atoms with Crippen LogP contribution in [0.5, 0.6) is 0 Å². The van der Waals surface area contributed by atoms with Crippen molar-refractivity contribution in [3.63, 3.8) is 0 Å². The van der Waals surface area contributed by atoms with Gasteiger partial charge in [-0.05, 0) is 38.1 Å². The third kappa shape index (κ3) is 3.57. The maximum Gasteiger partial charge on any atom is 0.0934 e. The lowest BCUT2D eigenvalue weighted by Crippen LogP contribution is -2.36. The fourth-order valence-corrected chi connectivity index (χ4v) is 3.71. The maximum atomic E-state index is 4.86. The van der Waals surface area contributed by atoms with E-state index in [2.05, 4.69) is 45.3 Å². The monoisotopic (exact) mass is 280 g/mol. The summed E-state index contributed by atoms with van der Waals surface area (Å²) >= 11 is 1.85. The summed E-state index contributed by atoms with van der Waals surface area (Å²) in [5, 5.41) is 7.24. The first-order chi connectivity index (χ1) is 8.87. The van der Waals surface area contributed by atoms with Crippen molar-refractivity contribution in [1.82, 2.24) is 10.3 Å². The van der Waals surface area contributed by atoms with E-state index in [-0.39, 0.29) is 5.41 Å². The zero-order valence-corrected chi connectivity index (χ0v) is 13.9. The molecule has 1 N–H and O–H groups in total. The van der Waals surface area contributed by atoms with E-state index in [1.165, 1.54) is 30.0 Å². The van der Waals surface area contributed by atoms with Gasteiger partial charge in [0.25, 0.3) is 0 Å². The minimum absolute atomic E-state index is 0.178. The van der Waals surface area contributed by atoms with Crippen LogP contribution >= 0.6 is 11.3 Å². The molecule has 0 radical (unpaired) electrons. The summed E-state index contributed by atoms with van der Waals surface area (Å²) in [6.07, 6.45) is 5.09. The Morgan fingerprint density at radius 3 is 2.58 bits per heavy atom. The highest BCUT2D eigenvalue weighted by molar-refractivity contribution is 7.09. The van der Waals surface area contributed by atoms with Gasteiger partial charge in [0.2, 0.25) is 0 Å². The van der Waals surface area contributed by atoms with E-state index in [0.29, 0.717) is 11.5 Å². The van der Waals surface area contributed by atoms with Crippen molar-refractivity contribution < 1.29 is 0 Å². The molecule has 0 bridgehead atoms. The Balaban J connectivity index is 1.99. The predicted molar refractivity (Wildman–Crippen MR) is 83.9 cm³/mol. The fraction of sp³-hybridized carbons (Fsp3) is 0.812. The van der Waals surface area contributed by atoms with Crippen LogP contribution in [0.4, 0.5) is 0 Å². The number of thiazole rings is 1. The molecule has 1 aromatic heterocycles. The van der Waals surface area contributed by atoms with Crippen LogP contribution in [-0.2, 0) is 11.8 Å². The Morgan fingerprint density at radius 2 is 2.11 bits per heavy atom. The van der Waals surface area contributed by atoms with Gasteiger partial charge in [0.1, 0.15) is 0 Å². The van der Waals surface area contributed by atoms with Crippen LogP contribution < -0.4 is 5.32 Å². The third-order valence-corrected chi connectivity index (χ3v) is 5.18. The van der Waals surface area contributed by atoms with E-state index in [9.17, 15) is 0 Å². The molecule has 3 heteroatoms. The van der Waals surface area contributed by atoms with Gasteiger partial charge in [-0.15, -0.1) is 11.3 Å². The van der Waals surface area contributed by atoms with Crippen LogP contribution in [0.25, 0.3) is 0 Å². The molecule has 2 nitrogen and oxygen atoms in total. The molecule has 1 saturated carbocycles. The number of nitrogens with zero attached hydrogens (tertiary/aromatic N) is 1. The van der Waals surface area contributed by atoms with E-state index in [1.54, 1.807) is 0 Å². The first-order valence-electron chi connectivity index (χ1n) is 7.56. The first kappa shape index (κ1) is 15.0. The van der Waals surface area contributed by atoms with Gasteiger partial charge < -0.3 is 5.32 Å². The maximum absolute atomic E-state index is 4.86. The largest absolute Gasteiger partial charge is 0.314 e. The summed E-state index contributed by atoms with van der Waals surface area (Å²) in [5.41, 5.74) is 1.91. The molecule has 0 saturated heterocycles. The van der Waals surface area contributed by atoms with E-state index in [4.69, 9.17) is 4.98 Å². The Kier molecular flexibility index (Phi) is 4.36. The van der Waals surface area contributed by atoms with Crippen molar-refractivity contribution in [2.24, 2.45) is 5.41 Å². The molecule has 108 valence electrons. The highest BCUT2D eigenvalue weighted by Crippen LogP contribution is 2.51. The van der Waals surface area contributed by atoms with Crippen LogP contribution in [0, 0.1) is 5.41 Å². The van der Waals surface area contributed by atoms with Crippen molar-refractivity contribution in [1.29, 1.82) is 0 Å². The Hall–Kier alpha value is -0.410. The zero-order valence-electron chi connectivity index (χ0n) is 13.0. The average molecular weight is 280 g/mol. The van der Waals surface area contributed by atoms with Gasteiger partial charge in [0, 0.05) is 23.3 Å². The lowest BCUT2D eigenvalue weighted by atomic mass is 9.92. The molecule has 0 spiro atoms. The summed E-state index contributed by atoms with van der Waals surface area (Å²) in [6.45, 7) is 12.4. The number of nitrogens with one attached hydrogen (secondary N) is 1. The highest BCUT2D eigenvalue weighted by atomic mass is 32.1. The minimum atomic E-state index is 0.178. The van der Waals surface area contributed by atoms with Gasteiger partial charge in [-0.25, -0.2) is 4.98 Å². The van der Waals surface area contributed by atoms with Crippen LogP contribution in [0.15, 0.2) is 5.38 Å². The van der Waals surface area contributed by atoms with Crippen molar-refractivity contribution in [2.75, 3.05) is 6.54 Å². The molecule has 1 aromatic rings. The van der Waals surface area contributed by atoms with Crippen LogP contribution in [-0.4, -0.2) is 17.6 Å². The Bertz CT molecular complexity index is 413. The number of hydrogen-bond acceptors (Lipinski definition) is 3. The summed E-state index contributed by atoms with van der Waals surface area (Å²) in [6, 6.07) is 0.620. The van der Waals surface area contributed by atoms with Crippen molar-refractivity contribution in [3.8, 4) is 0 Å². The normalized spacial score (nSPS) is 19.4. The number of hydrogen-bond donors (Lipinski definition) is 1. The van der Waals surface area contributed by atoms with Gasteiger partial charge in [-0.3, -0.25) is 0 Å². The molecule has 1 heterocycles. The molecular weight excluding hydrogens is 252 g/mol. The van der Waals surface area contributed by atoms with Gasteiger partial charge in [-0.1, -0.05) is 27.7 Å². The molecule has 1 unspecified atom stereocenters. The highest BCUT2D eigenvalue weighted by Gasteiger charge is 2.47. The van der Waals surface area contributed by atoms with Gasteiger partial charge in [0.15, 0.2) is 0 Å². The van der Waals surface area contributed by atoms with E-state index >= 15 is 0 Å². The van der Waals surface area contributed by atoms with Crippen LogP contribution in [0.1, 0.15) is 64.6 Å². The molecule has 0 aliphatic heterocycles. The zero-order chi connectivity index (χ0) is 14.1. The second-order valence-electron chi connectivity index (χ2n) is 7.09. The molecule has 1 aliphatic rings. The topological polar surface area (TPSA) is 24.9 Å². The van der Waals surface area contributed by atoms with Gasteiger partial charge in [-0.2, -0.15) is 0 Å². The molecule has 0 amide bonds. The van der Waals surface area contributed by atoms with Crippen molar-refractivity contribution in [2.45, 2.75) is 71.8 Å². The Morgan fingerprint density at radius 1 is 1.42 bits per heavy atom. The third-order valence-electron chi connectivity index (χ3n) is 4.33. The molecule has 2 rings (SSSR count). The number of aromatic nitrogens is 1. The summed E-state index contributed by atoms with van der Waals surface area (Å²) in [7, 11) is 0. The molecular formula is C16H28N2S. The molecule has 1 atom stereocenters. The second-order valence-corrected chi connectivity index (χ2v) is 8.03. The average Bonchev–Trinajstić information content (AvgIpc) is 2.94. The van der Waals surface area contributed by atoms with Crippen LogP contribution in [0.3, 0.4) is 0 Å². The van der Waals surface area contributed by atoms with Crippen molar-refractivity contribution >= 4 is 11.3 Å².